The fraction of sp³-hybridized carbons (Fsp3) is 0. The fourth-order valence-corrected chi connectivity index (χ4v) is 5.77. The molecule has 0 unspecified atom stereocenters. The van der Waals surface area contributed by atoms with Crippen molar-refractivity contribution in [2.45, 2.75) is 0 Å². The van der Waals surface area contributed by atoms with Crippen molar-refractivity contribution in [3.63, 3.8) is 0 Å². The van der Waals surface area contributed by atoms with Gasteiger partial charge >= 0.3 is 0 Å². The minimum Gasteiger partial charge on any atom is -0.507 e. The second-order valence-electron chi connectivity index (χ2n) is 8.75. The molecule has 5 heteroatoms. The topological polar surface area (TPSA) is 46.0 Å². The molecule has 0 saturated carbocycles. The van der Waals surface area contributed by atoms with E-state index in [2.05, 4.69) is 72.8 Å². The standard InChI is InChI=1S/C32H19N2OS.Pt/c35-29-14-6-5-12-26(29)32-34-31-25(13-7-15-30(31)36-32)27-17-23(16-21-9-3-4-11-24(21)27)28-18-20-8-1-2-10-22(20)19-33-28;/h1-16,18-19,35H;/q-1;. The number of para-hydroxylation sites is 2. The number of hydrogen-bond acceptors (Lipinski definition) is 4. The molecule has 1 N–H and O–H groups in total. The number of phenols is 1. The molecule has 2 aromatic heterocycles. The van der Waals surface area contributed by atoms with Crippen LogP contribution in [0.1, 0.15) is 0 Å². The minimum absolute atomic E-state index is 0. The third kappa shape index (κ3) is 4.13. The maximum Gasteiger partial charge on any atom is 0.127 e. The largest absolute Gasteiger partial charge is 0.507 e. The Bertz CT molecular complexity index is 1930. The number of thiazole rings is 1. The van der Waals surface area contributed by atoms with Gasteiger partial charge in [-0.3, -0.25) is 4.98 Å². The third-order valence-electron chi connectivity index (χ3n) is 6.52. The summed E-state index contributed by atoms with van der Waals surface area (Å²) < 4.78 is 1.07. The molecule has 0 saturated heterocycles. The summed E-state index contributed by atoms with van der Waals surface area (Å²) in [6, 6.07) is 38.2. The molecule has 7 rings (SSSR count). The number of aromatic nitrogens is 2. The molecule has 3 nitrogen and oxygen atoms in total. The average Bonchev–Trinajstić information content (AvgIpc) is 3.37. The molecule has 0 atom stereocenters. The number of rotatable bonds is 3. The van der Waals surface area contributed by atoms with E-state index in [1.54, 1.807) is 17.4 Å². The van der Waals surface area contributed by atoms with Gasteiger partial charge in [0.15, 0.2) is 0 Å². The van der Waals surface area contributed by atoms with E-state index >= 15 is 0 Å². The smallest absolute Gasteiger partial charge is 0.127 e. The summed E-state index contributed by atoms with van der Waals surface area (Å²) in [5.74, 6) is 0.236. The first-order valence-corrected chi connectivity index (χ1v) is 12.5. The Balaban J connectivity index is 0.00000252. The molecule has 0 spiro atoms. The van der Waals surface area contributed by atoms with Crippen LogP contribution < -0.4 is 0 Å². The number of fused-ring (bicyclic) bond motifs is 3. The van der Waals surface area contributed by atoms with Gasteiger partial charge in [0.25, 0.3) is 0 Å². The number of pyridine rings is 1. The van der Waals surface area contributed by atoms with Crippen LogP contribution in [0.2, 0.25) is 0 Å². The Morgan fingerprint density at radius 1 is 0.703 bits per heavy atom. The summed E-state index contributed by atoms with van der Waals surface area (Å²) in [6.07, 6.45) is 1.92. The summed E-state index contributed by atoms with van der Waals surface area (Å²) in [4.78, 5) is 9.76. The molecule has 0 aliphatic heterocycles. The Morgan fingerprint density at radius 2 is 1.43 bits per heavy atom. The van der Waals surface area contributed by atoms with E-state index in [1.807, 2.05) is 36.5 Å². The predicted octanol–water partition coefficient (Wildman–Crippen LogP) is 8.50. The number of hydrogen-bond donors (Lipinski definition) is 1. The van der Waals surface area contributed by atoms with Gasteiger partial charge < -0.3 is 5.11 Å². The van der Waals surface area contributed by atoms with Crippen molar-refractivity contribution in [3.05, 3.63) is 115 Å². The van der Waals surface area contributed by atoms with Crippen LogP contribution >= 0.6 is 11.3 Å². The first kappa shape index (κ1) is 23.5. The summed E-state index contributed by atoms with van der Waals surface area (Å²) in [5, 5.41) is 15.7. The molecule has 2 heterocycles. The van der Waals surface area contributed by atoms with Gasteiger partial charge in [-0.1, -0.05) is 101 Å². The summed E-state index contributed by atoms with van der Waals surface area (Å²) in [6.45, 7) is 0. The number of nitrogens with zero attached hydrogens (tertiary/aromatic N) is 2. The average molecular weight is 675 g/mol. The maximum atomic E-state index is 10.4. The number of phenolic OH excluding ortho intramolecular Hbond substituents is 1. The molecule has 7 aromatic rings. The minimum atomic E-state index is 0. The monoisotopic (exact) mass is 674 g/mol. The van der Waals surface area contributed by atoms with E-state index in [-0.39, 0.29) is 26.8 Å². The molecule has 180 valence electrons. The molecule has 0 radical (unpaired) electrons. The molecule has 0 bridgehead atoms. The summed E-state index contributed by atoms with van der Waals surface area (Å²) in [7, 11) is 0. The van der Waals surface area contributed by atoms with Gasteiger partial charge in [-0.15, -0.1) is 29.0 Å². The number of aromatic hydroxyl groups is 1. The van der Waals surface area contributed by atoms with E-state index in [9.17, 15) is 5.11 Å². The van der Waals surface area contributed by atoms with E-state index in [1.165, 1.54) is 0 Å². The molecule has 0 aliphatic carbocycles. The van der Waals surface area contributed by atoms with Gasteiger partial charge in [-0.25, -0.2) is 4.98 Å². The molecular formula is C32H19N2OPtS-. The fourth-order valence-electron chi connectivity index (χ4n) is 4.75. The van der Waals surface area contributed by atoms with Gasteiger partial charge in [0.1, 0.15) is 10.8 Å². The zero-order valence-electron chi connectivity index (χ0n) is 19.5. The predicted molar refractivity (Wildman–Crippen MR) is 149 cm³/mol. The molecule has 0 aliphatic rings. The van der Waals surface area contributed by atoms with Crippen molar-refractivity contribution in [2.24, 2.45) is 0 Å². The molecule has 37 heavy (non-hydrogen) atoms. The van der Waals surface area contributed by atoms with E-state index in [0.29, 0.717) is 0 Å². The van der Waals surface area contributed by atoms with Crippen LogP contribution in [0.25, 0.3) is 64.7 Å². The molecule has 0 fully saturated rings. The Hall–Kier alpha value is -3.85. The van der Waals surface area contributed by atoms with Gasteiger partial charge in [0.05, 0.1) is 11.1 Å². The quantitative estimate of drug-likeness (QED) is 0.191. The van der Waals surface area contributed by atoms with Crippen LogP contribution in [-0.2, 0) is 21.1 Å². The third-order valence-corrected chi connectivity index (χ3v) is 7.57. The Labute approximate surface area is 232 Å². The van der Waals surface area contributed by atoms with Gasteiger partial charge in [0.2, 0.25) is 0 Å². The van der Waals surface area contributed by atoms with Crippen molar-refractivity contribution in [2.75, 3.05) is 0 Å². The Morgan fingerprint density at radius 3 is 2.30 bits per heavy atom. The molecular weight excluding hydrogens is 656 g/mol. The van der Waals surface area contributed by atoms with Crippen molar-refractivity contribution < 1.29 is 26.2 Å². The van der Waals surface area contributed by atoms with E-state index in [4.69, 9.17) is 9.97 Å². The van der Waals surface area contributed by atoms with Crippen LogP contribution in [0.4, 0.5) is 0 Å². The van der Waals surface area contributed by atoms with Crippen molar-refractivity contribution >= 4 is 43.1 Å². The van der Waals surface area contributed by atoms with Gasteiger partial charge in [-0.2, -0.15) is 0 Å². The van der Waals surface area contributed by atoms with Crippen LogP contribution in [0.5, 0.6) is 5.75 Å². The second-order valence-corrected chi connectivity index (χ2v) is 9.78. The normalized spacial score (nSPS) is 11.1. The second kappa shape index (κ2) is 9.55. The summed E-state index contributed by atoms with van der Waals surface area (Å²) >= 11 is 1.58. The van der Waals surface area contributed by atoms with E-state index < -0.39 is 0 Å². The van der Waals surface area contributed by atoms with Crippen LogP contribution in [0.3, 0.4) is 0 Å². The molecule has 5 aromatic carbocycles. The SMILES string of the molecule is Oc1ccccc1-c1nc2c(-c3[c-]c(-c4cc5ccccc5cn4)cc4ccccc34)cccc2s1.[Pt]. The van der Waals surface area contributed by atoms with Crippen molar-refractivity contribution in [1.82, 2.24) is 9.97 Å². The van der Waals surface area contributed by atoms with Gasteiger partial charge in [-0.05, 0) is 29.0 Å². The van der Waals surface area contributed by atoms with Crippen molar-refractivity contribution in [1.29, 1.82) is 0 Å². The first-order valence-electron chi connectivity index (χ1n) is 11.7. The maximum absolute atomic E-state index is 10.4. The van der Waals surface area contributed by atoms with Crippen LogP contribution in [0, 0.1) is 6.07 Å². The zero-order valence-corrected chi connectivity index (χ0v) is 22.5. The first-order chi connectivity index (χ1) is 17.7. The van der Waals surface area contributed by atoms with Crippen LogP contribution in [0.15, 0.2) is 109 Å². The zero-order chi connectivity index (χ0) is 24.1. The molecule has 0 amide bonds. The summed E-state index contributed by atoms with van der Waals surface area (Å²) in [5.41, 5.74) is 5.50. The van der Waals surface area contributed by atoms with Crippen LogP contribution in [-0.4, -0.2) is 15.1 Å². The Kier molecular flexibility index (Phi) is 6.08. The van der Waals surface area contributed by atoms with Crippen molar-refractivity contribution in [3.8, 4) is 38.7 Å². The van der Waals surface area contributed by atoms with E-state index in [0.717, 1.165) is 64.7 Å². The van der Waals surface area contributed by atoms with Gasteiger partial charge in [0, 0.05) is 37.7 Å². The number of benzene rings is 5.